The summed E-state index contributed by atoms with van der Waals surface area (Å²) in [4.78, 5) is 11.8. The topological polar surface area (TPSA) is 88.1 Å². The fourth-order valence-corrected chi connectivity index (χ4v) is 1.87. The lowest BCUT2D eigenvalue weighted by atomic mass is 10.2. The average Bonchev–Trinajstić information content (AvgIpc) is 2.64. The molecule has 6 nitrogen and oxygen atoms in total. The van der Waals surface area contributed by atoms with Crippen LogP contribution in [0.2, 0.25) is 0 Å². The van der Waals surface area contributed by atoms with Crippen LogP contribution in [0.3, 0.4) is 0 Å². The van der Waals surface area contributed by atoms with Crippen LogP contribution in [0.25, 0.3) is 10.9 Å². The third-order valence-corrected chi connectivity index (χ3v) is 2.54. The van der Waals surface area contributed by atoms with Crippen LogP contribution in [0.1, 0.15) is 26.5 Å². The van der Waals surface area contributed by atoms with E-state index in [-0.39, 0.29) is 18.0 Å². The normalized spacial score (nSPS) is 11.3. The van der Waals surface area contributed by atoms with Gasteiger partial charge >= 0.3 is 5.97 Å². The number of fused-ring (bicyclic) bond motifs is 1. The molecule has 1 aromatic carbocycles. The van der Waals surface area contributed by atoms with Gasteiger partial charge in [-0.05, 0) is 39.0 Å². The van der Waals surface area contributed by atoms with E-state index in [2.05, 4.69) is 5.10 Å². The molecule has 104 valence electrons. The lowest BCUT2D eigenvalue weighted by Gasteiger charge is -2.19. The number of hydrogen-bond acceptors (Lipinski definition) is 5. The van der Waals surface area contributed by atoms with Gasteiger partial charge in [-0.15, -0.1) is 0 Å². The minimum absolute atomic E-state index is 0.0471. The van der Waals surface area contributed by atoms with Crippen molar-refractivity contribution < 1.29 is 14.6 Å². The van der Waals surface area contributed by atoms with Crippen LogP contribution in [-0.4, -0.2) is 26.5 Å². The molecule has 1 heterocycles. The van der Waals surface area contributed by atoms with Gasteiger partial charge in [0.15, 0.2) is 5.69 Å². The van der Waals surface area contributed by atoms with Gasteiger partial charge in [0.05, 0.1) is 5.52 Å². The monoisotopic (exact) mass is 273 g/mol. The van der Waals surface area contributed by atoms with Crippen LogP contribution >= 0.6 is 0 Å². The molecule has 20 heavy (non-hydrogen) atoms. The second kappa shape index (κ2) is 4.85. The molecule has 0 saturated heterocycles. The summed E-state index contributed by atoms with van der Waals surface area (Å²) < 4.78 is 6.63. The third-order valence-electron chi connectivity index (χ3n) is 2.54. The number of nitrogens with zero attached hydrogens (tertiary/aromatic N) is 3. The molecule has 0 aliphatic carbocycles. The number of phenolic OH excluding ortho intramolecular Hbond substituents is 1. The maximum absolute atomic E-state index is 11.8. The highest BCUT2D eigenvalue weighted by molar-refractivity contribution is 5.86. The van der Waals surface area contributed by atoms with E-state index in [0.29, 0.717) is 10.9 Å². The van der Waals surface area contributed by atoms with Gasteiger partial charge in [0, 0.05) is 5.39 Å². The zero-order valence-electron chi connectivity index (χ0n) is 11.5. The quantitative estimate of drug-likeness (QED) is 0.845. The van der Waals surface area contributed by atoms with Gasteiger partial charge in [-0.2, -0.15) is 10.4 Å². The lowest BCUT2D eigenvalue weighted by Crippen LogP contribution is -2.26. The molecule has 0 amide bonds. The number of ether oxygens (including phenoxy) is 1. The summed E-state index contributed by atoms with van der Waals surface area (Å²) in [6, 6.07) is 6.49. The first-order valence-corrected chi connectivity index (χ1v) is 6.11. The minimum atomic E-state index is -0.573. The van der Waals surface area contributed by atoms with E-state index in [1.807, 2.05) is 6.07 Å². The standard InChI is InChI=1S/C14H15N3O3/c1-14(2,3)20-13(19)8-17-12-5-4-9(18)6-10(12)11(7-15)16-17/h4-6,18H,8H2,1-3H3. The number of carbonyl (C=O) groups is 1. The molecule has 0 fully saturated rings. The molecule has 0 bridgehead atoms. The highest BCUT2D eigenvalue weighted by atomic mass is 16.6. The van der Waals surface area contributed by atoms with Crippen molar-refractivity contribution in [3.05, 3.63) is 23.9 Å². The van der Waals surface area contributed by atoms with Crippen LogP contribution < -0.4 is 0 Å². The number of hydrogen-bond donors (Lipinski definition) is 1. The van der Waals surface area contributed by atoms with Crippen LogP contribution in [0.4, 0.5) is 0 Å². The van der Waals surface area contributed by atoms with Crippen molar-refractivity contribution >= 4 is 16.9 Å². The van der Waals surface area contributed by atoms with E-state index in [4.69, 9.17) is 10.00 Å². The Bertz CT molecular complexity index is 705. The highest BCUT2D eigenvalue weighted by Gasteiger charge is 2.19. The Morgan fingerprint density at radius 2 is 2.20 bits per heavy atom. The average molecular weight is 273 g/mol. The van der Waals surface area contributed by atoms with Crippen LogP contribution in [0.15, 0.2) is 18.2 Å². The molecule has 6 heteroatoms. The van der Waals surface area contributed by atoms with Crippen molar-refractivity contribution in [1.82, 2.24) is 9.78 Å². The third kappa shape index (κ3) is 2.88. The Morgan fingerprint density at radius 1 is 1.50 bits per heavy atom. The molecule has 0 spiro atoms. The minimum Gasteiger partial charge on any atom is -0.508 e. The van der Waals surface area contributed by atoms with Crippen molar-refractivity contribution in [3.63, 3.8) is 0 Å². The number of carbonyl (C=O) groups excluding carboxylic acids is 1. The van der Waals surface area contributed by atoms with Gasteiger partial charge < -0.3 is 9.84 Å². The van der Waals surface area contributed by atoms with E-state index in [0.717, 1.165) is 0 Å². The number of aromatic hydroxyl groups is 1. The first kappa shape index (κ1) is 13.9. The van der Waals surface area contributed by atoms with Crippen molar-refractivity contribution in [3.8, 4) is 11.8 Å². The maximum Gasteiger partial charge on any atom is 0.328 e. The van der Waals surface area contributed by atoms with Gasteiger partial charge in [-0.1, -0.05) is 0 Å². The Balaban J connectivity index is 2.36. The van der Waals surface area contributed by atoms with Crippen molar-refractivity contribution in [2.45, 2.75) is 32.9 Å². The highest BCUT2D eigenvalue weighted by Crippen LogP contribution is 2.23. The smallest absolute Gasteiger partial charge is 0.328 e. The van der Waals surface area contributed by atoms with Crippen LogP contribution in [0.5, 0.6) is 5.75 Å². The summed E-state index contributed by atoms with van der Waals surface area (Å²) in [6.07, 6.45) is 0. The molecule has 1 N–H and O–H groups in total. The first-order chi connectivity index (χ1) is 9.30. The first-order valence-electron chi connectivity index (χ1n) is 6.11. The van der Waals surface area contributed by atoms with Gasteiger partial charge in [0.2, 0.25) is 0 Å². The summed E-state index contributed by atoms with van der Waals surface area (Å²) >= 11 is 0. The zero-order valence-corrected chi connectivity index (χ0v) is 11.5. The van der Waals surface area contributed by atoms with E-state index in [9.17, 15) is 9.90 Å². The molecule has 0 unspecified atom stereocenters. The summed E-state index contributed by atoms with van der Waals surface area (Å²) in [5.41, 5.74) is 0.195. The molecule has 1 aromatic heterocycles. The number of rotatable bonds is 2. The molecule has 0 aliphatic heterocycles. The number of phenols is 1. The van der Waals surface area contributed by atoms with Gasteiger partial charge in [0.25, 0.3) is 0 Å². The Labute approximate surface area is 116 Å². The summed E-state index contributed by atoms with van der Waals surface area (Å²) in [6.45, 7) is 5.26. The molecular formula is C14H15N3O3. The summed E-state index contributed by atoms with van der Waals surface area (Å²) in [7, 11) is 0. The number of benzene rings is 1. The fraction of sp³-hybridized carbons (Fsp3) is 0.357. The number of esters is 1. The van der Waals surface area contributed by atoms with E-state index < -0.39 is 11.6 Å². The van der Waals surface area contributed by atoms with Gasteiger partial charge in [-0.3, -0.25) is 9.48 Å². The molecule has 0 radical (unpaired) electrons. The van der Waals surface area contributed by atoms with E-state index >= 15 is 0 Å². The van der Waals surface area contributed by atoms with Gasteiger partial charge in [-0.25, -0.2) is 0 Å². The van der Waals surface area contributed by atoms with E-state index in [1.165, 1.54) is 16.8 Å². The second-order valence-corrected chi connectivity index (χ2v) is 5.41. The summed E-state index contributed by atoms with van der Waals surface area (Å²) in [5.74, 6) is -0.384. The Morgan fingerprint density at radius 3 is 2.80 bits per heavy atom. The fourth-order valence-electron chi connectivity index (χ4n) is 1.87. The van der Waals surface area contributed by atoms with Gasteiger partial charge in [0.1, 0.15) is 24.0 Å². The maximum atomic E-state index is 11.8. The molecule has 0 atom stereocenters. The Hall–Kier alpha value is -2.55. The van der Waals surface area contributed by atoms with Crippen molar-refractivity contribution in [1.29, 1.82) is 5.26 Å². The lowest BCUT2D eigenvalue weighted by molar-refractivity contribution is -0.155. The molecule has 0 aliphatic rings. The largest absolute Gasteiger partial charge is 0.508 e. The van der Waals surface area contributed by atoms with Crippen molar-refractivity contribution in [2.24, 2.45) is 0 Å². The predicted molar refractivity (Wildman–Crippen MR) is 72.0 cm³/mol. The number of aromatic nitrogens is 2. The molecular weight excluding hydrogens is 258 g/mol. The molecule has 0 saturated carbocycles. The Kier molecular flexibility index (Phi) is 3.36. The van der Waals surface area contributed by atoms with Crippen LogP contribution in [0, 0.1) is 11.3 Å². The predicted octanol–water partition coefficient (Wildman–Crippen LogP) is 1.96. The molecule has 2 aromatic rings. The second-order valence-electron chi connectivity index (χ2n) is 5.41. The SMILES string of the molecule is CC(C)(C)OC(=O)Cn1nc(C#N)c2cc(O)ccc21. The molecule has 2 rings (SSSR count). The van der Waals surface area contributed by atoms with E-state index in [1.54, 1.807) is 26.8 Å². The zero-order chi connectivity index (χ0) is 14.9. The van der Waals surface area contributed by atoms with Crippen LogP contribution in [-0.2, 0) is 16.1 Å². The van der Waals surface area contributed by atoms with Crippen molar-refractivity contribution in [2.75, 3.05) is 0 Å². The summed E-state index contributed by atoms with van der Waals surface area (Å²) in [5, 5.41) is 23.1. The number of nitriles is 1.